The second-order valence-corrected chi connectivity index (χ2v) is 6.38. The minimum Gasteiger partial charge on any atom is -0.341 e. The van der Waals surface area contributed by atoms with Gasteiger partial charge in [0, 0.05) is 13.1 Å². The monoisotopic (exact) mass is 308 g/mol. The molecule has 1 aliphatic heterocycles. The van der Waals surface area contributed by atoms with Gasteiger partial charge in [-0.1, -0.05) is 43.7 Å². The molecular formula is C17H25ClN2O. The van der Waals surface area contributed by atoms with E-state index in [4.69, 9.17) is 5.73 Å². The lowest BCUT2D eigenvalue weighted by Crippen LogP contribution is -2.50. The van der Waals surface area contributed by atoms with Gasteiger partial charge in [-0.25, -0.2) is 0 Å². The molecule has 0 aromatic heterocycles. The summed E-state index contributed by atoms with van der Waals surface area (Å²) in [6.45, 7) is 3.95. The number of hydrogen-bond donors (Lipinski definition) is 1. The van der Waals surface area contributed by atoms with Gasteiger partial charge in [0.05, 0.1) is 5.54 Å². The van der Waals surface area contributed by atoms with Gasteiger partial charge in [0.25, 0.3) is 0 Å². The van der Waals surface area contributed by atoms with Crippen molar-refractivity contribution in [3.63, 3.8) is 0 Å². The predicted octanol–water partition coefficient (Wildman–Crippen LogP) is 2.94. The van der Waals surface area contributed by atoms with E-state index in [-0.39, 0.29) is 18.3 Å². The normalized spacial score (nSPS) is 26.9. The van der Waals surface area contributed by atoms with Gasteiger partial charge in [-0.15, -0.1) is 12.4 Å². The topological polar surface area (TPSA) is 46.3 Å². The van der Waals surface area contributed by atoms with Crippen LogP contribution in [0, 0.1) is 5.92 Å². The highest BCUT2D eigenvalue weighted by Crippen LogP contribution is 2.39. The quantitative estimate of drug-likeness (QED) is 0.933. The Hall–Kier alpha value is -1.06. The standard InChI is InChI=1S/C17H24N2O.ClH/c1-2-13-12-19(16(20)17(18)9-10-17)11-8-15(13)14-6-4-3-5-7-14;/h3-7,13,15H,2,8-12,18H2,1H3;1H. The summed E-state index contributed by atoms with van der Waals surface area (Å²) in [4.78, 5) is 14.4. The minimum atomic E-state index is -0.516. The SMILES string of the molecule is CCC1CN(C(=O)C2(N)CC2)CCC1c1ccccc1.Cl. The highest BCUT2D eigenvalue weighted by atomic mass is 35.5. The van der Waals surface area contributed by atoms with Crippen LogP contribution in [0.2, 0.25) is 0 Å². The van der Waals surface area contributed by atoms with E-state index in [2.05, 4.69) is 37.3 Å². The zero-order valence-electron chi connectivity index (χ0n) is 12.6. The number of nitrogens with two attached hydrogens (primary N) is 1. The van der Waals surface area contributed by atoms with Crippen LogP contribution < -0.4 is 5.73 Å². The molecule has 1 aromatic carbocycles. The number of rotatable bonds is 3. The van der Waals surface area contributed by atoms with E-state index < -0.39 is 5.54 Å². The number of benzene rings is 1. The van der Waals surface area contributed by atoms with E-state index in [0.29, 0.717) is 11.8 Å². The number of carbonyl (C=O) groups excluding carboxylic acids is 1. The molecule has 3 nitrogen and oxygen atoms in total. The molecule has 0 spiro atoms. The Morgan fingerprint density at radius 1 is 1.33 bits per heavy atom. The molecule has 4 heteroatoms. The van der Waals surface area contributed by atoms with Crippen molar-refractivity contribution >= 4 is 18.3 Å². The smallest absolute Gasteiger partial charge is 0.242 e. The van der Waals surface area contributed by atoms with Crippen molar-refractivity contribution in [2.45, 2.75) is 44.1 Å². The largest absolute Gasteiger partial charge is 0.341 e. The van der Waals surface area contributed by atoms with E-state index in [0.717, 1.165) is 38.8 Å². The molecule has 2 aliphatic rings. The van der Waals surface area contributed by atoms with Crippen LogP contribution >= 0.6 is 12.4 Å². The Kier molecular flexibility index (Phi) is 4.95. The molecular weight excluding hydrogens is 284 g/mol. The van der Waals surface area contributed by atoms with Gasteiger partial charge >= 0.3 is 0 Å². The van der Waals surface area contributed by atoms with Crippen LogP contribution in [0.15, 0.2) is 30.3 Å². The van der Waals surface area contributed by atoms with E-state index in [1.54, 1.807) is 0 Å². The summed E-state index contributed by atoms with van der Waals surface area (Å²) >= 11 is 0. The van der Waals surface area contributed by atoms with Crippen LogP contribution in [0.4, 0.5) is 0 Å². The fourth-order valence-electron chi connectivity index (χ4n) is 3.43. The molecule has 2 unspecified atom stereocenters. The summed E-state index contributed by atoms with van der Waals surface area (Å²) in [5, 5.41) is 0. The molecule has 1 aromatic rings. The molecule has 1 heterocycles. The van der Waals surface area contributed by atoms with Gasteiger partial charge in [-0.3, -0.25) is 4.79 Å². The summed E-state index contributed by atoms with van der Waals surface area (Å²) in [5.41, 5.74) is 6.96. The Labute approximate surface area is 133 Å². The average molecular weight is 309 g/mol. The van der Waals surface area contributed by atoms with Crippen molar-refractivity contribution in [3.05, 3.63) is 35.9 Å². The summed E-state index contributed by atoms with van der Waals surface area (Å²) < 4.78 is 0. The zero-order valence-corrected chi connectivity index (χ0v) is 13.4. The summed E-state index contributed by atoms with van der Waals surface area (Å²) in [6.07, 6.45) is 3.90. The number of amides is 1. The van der Waals surface area contributed by atoms with Gasteiger partial charge in [-0.2, -0.15) is 0 Å². The van der Waals surface area contributed by atoms with Crippen LogP contribution in [-0.4, -0.2) is 29.4 Å². The Bertz CT molecular complexity index is 487. The molecule has 0 radical (unpaired) electrons. The lowest BCUT2D eigenvalue weighted by Gasteiger charge is -2.39. The summed E-state index contributed by atoms with van der Waals surface area (Å²) in [6, 6.07) is 10.7. The Morgan fingerprint density at radius 3 is 2.57 bits per heavy atom. The maximum atomic E-state index is 12.4. The third-order valence-corrected chi connectivity index (χ3v) is 4.99. The molecule has 1 amide bonds. The lowest BCUT2D eigenvalue weighted by molar-refractivity contribution is -0.135. The fraction of sp³-hybridized carbons (Fsp3) is 0.588. The first-order valence-corrected chi connectivity index (χ1v) is 7.77. The Balaban J connectivity index is 0.00000161. The number of nitrogens with zero attached hydrogens (tertiary/aromatic N) is 1. The van der Waals surface area contributed by atoms with Crippen LogP contribution in [0.1, 0.15) is 44.1 Å². The molecule has 2 N–H and O–H groups in total. The third-order valence-electron chi connectivity index (χ3n) is 4.99. The molecule has 2 fully saturated rings. The molecule has 1 saturated carbocycles. The second kappa shape index (κ2) is 6.37. The minimum absolute atomic E-state index is 0. The van der Waals surface area contributed by atoms with Crippen molar-refractivity contribution in [2.24, 2.45) is 11.7 Å². The number of piperidine rings is 1. The first-order valence-electron chi connectivity index (χ1n) is 7.77. The molecule has 116 valence electrons. The van der Waals surface area contributed by atoms with Gasteiger partial charge in [0.2, 0.25) is 5.91 Å². The second-order valence-electron chi connectivity index (χ2n) is 6.38. The van der Waals surface area contributed by atoms with Crippen LogP contribution in [0.5, 0.6) is 0 Å². The van der Waals surface area contributed by atoms with Crippen LogP contribution in [-0.2, 0) is 4.79 Å². The average Bonchev–Trinajstić information content (AvgIpc) is 3.26. The van der Waals surface area contributed by atoms with Gasteiger partial charge < -0.3 is 10.6 Å². The first-order chi connectivity index (χ1) is 9.64. The number of likely N-dealkylation sites (tertiary alicyclic amines) is 1. The highest BCUT2D eigenvalue weighted by molar-refractivity contribution is 5.89. The fourth-order valence-corrected chi connectivity index (χ4v) is 3.43. The molecule has 2 atom stereocenters. The van der Waals surface area contributed by atoms with Gasteiger partial charge in [-0.05, 0) is 36.7 Å². The van der Waals surface area contributed by atoms with Crippen molar-refractivity contribution < 1.29 is 4.79 Å². The van der Waals surface area contributed by atoms with Crippen molar-refractivity contribution in [1.82, 2.24) is 4.90 Å². The maximum Gasteiger partial charge on any atom is 0.242 e. The van der Waals surface area contributed by atoms with Crippen LogP contribution in [0.3, 0.4) is 0 Å². The lowest BCUT2D eigenvalue weighted by atomic mass is 9.79. The van der Waals surface area contributed by atoms with Gasteiger partial charge in [0.1, 0.15) is 0 Å². The van der Waals surface area contributed by atoms with E-state index in [9.17, 15) is 4.79 Å². The zero-order chi connectivity index (χ0) is 14.2. The van der Waals surface area contributed by atoms with E-state index in [1.807, 2.05) is 4.90 Å². The number of carbonyl (C=O) groups is 1. The number of halogens is 1. The first kappa shape index (κ1) is 16.3. The molecule has 3 rings (SSSR count). The van der Waals surface area contributed by atoms with E-state index in [1.165, 1.54) is 5.56 Å². The molecule has 0 bridgehead atoms. The van der Waals surface area contributed by atoms with Gasteiger partial charge in [0.15, 0.2) is 0 Å². The maximum absolute atomic E-state index is 12.4. The Morgan fingerprint density at radius 2 is 2.00 bits per heavy atom. The predicted molar refractivity (Wildman–Crippen MR) is 87.6 cm³/mol. The highest BCUT2D eigenvalue weighted by Gasteiger charge is 2.49. The molecule has 1 aliphatic carbocycles. The van der Waals surface area contributed by atoms with Crippen molar-refractivity contribution in [1.29, 1.82) is 0 Å². The molecule has 21 heavy (non-hydrogen) atoms. The van der Waals surface area contributed by atoms with Crippen LogP contribution in [0.25, 0.3) is 0 Å². The third kappa shape index (κ3) is 3.24. The number of hydrogen-bond acceptors (Lipinski definition) is 2. The summed E-state index contributed by atoms with van der Waals surface area (Å²) in [7, 11) is 0. The van der Waals surface area contributed by atoms with Crippen molar-refractivity contribution in [3.8, 4) is 0 Å². The molecule has 1 saturated heterocycles. The van der Waals surface area contributed by atoms with E-state index >= 15 is 0 Å². The van der Waals surface area contributed by atoms with Crippen molar-refractivity contribution in [2.75, 3.05) is 13.1 Å². The summed E-state index contributed by atoms with van der Waals surface area (Å²) in [5.74, 6) is 1.32.